The van der Waals surface area contributed by atoms with E-state index >= 15 is 0 Å². The predicted octanol–water partition coefficient (Wildman–Crippen LogP) is 2.63. The number of nitriles is 1. The summed E-state index contributed by atoms with van der Waals surface area (Å²) in [6, 6.07) is 12.0. The third kappa shape index (κ3) is 3.67. The summed E-state index contributed by atoms with van der Waals surface area (Å²) in [5, 5.41) is 9.01. The molecule has 0 radical (unpaired) electrons. The SMILES string of the molecule is COc1cccc(C2(OCC(=O)N3CC4CCC(C3)N4c3ccc(C#N)cn3)CCC2)n1. The molecular weight excluding hydrogens is 406 g/mol. The van der Waals surface area contributed by atoms with Crippen LogP contribution in [0.2, 0.25) is 0 Å². The molecule has 166 valence electrons. The topological polar surface area (TPSA) is 91.6 Å². The maximum atomic E-state index is 13.1. The van der Waals surface area contributed by atoms with Gasteiger partial charge in [0, 0.05) is 37.4 Å². The molecule has 2 atom stereocenters. The zero-order valence-electron chi connectivity index (χ0n) is 18.2. The summed E-state index contributed by atoms with van der Waals surface area (Å²) in [6.07, 6.45) is 6.48. The fourth-order valence-corrected chi connectivity index (χ4v) is 5.13. The molecule has 1 amide bonds. The standard InChI is InChI=1S/C24H27N5O3/c1-31-22-5-2-4-20(27-22)24(10-3-11-24)32-16-23(30)28-14-18-7-8-19(15-28)29(18)21-9-6-17(12-25)13-26-21/h2,4-6,9,13,18-19H,3,7-8,10-11,14-16H2,1H3. The van der Waals surface area contributed by atoms with Crippen molar-refractivity contribution in [2.24, 2.45) is 0 Å². The van der Waals surface area contributed by atoms with E-state index in [-0.39, 0.29) is 24.6 Å². The maximum Gasteiger partial charge on any atom is 0.248 e. The molecule has 4 heterocycles. The lowest BCUT2D eigenvalue weighted by Gasteiger charge is -2.43. The van der Waals surface area contributed by atoms with Crippen LogP contribution in [0.25, 0.3) is 0 Å². The molecule has 2 unspecified atom stereocenters. The molecule has 8 nitrogen and oxygen atoms in total. The largest absolute Gasteiger partial charge is 0.481 e. The van der Waals surface area contributed by atoms with Crippen LogP contribution in [0.15, 0.2) is 36.5 Å². The molecule has 3 fully saturated rings. The quantitative estimate of drug-likeness (QED) is 0.691. The van der Waals surface area contributed by atoms with Crippen molar-refractivity contribution in [2.45, 2.75) is 49.8 Å². The number of amides is 1. The Balaban J connectivity index is 1.23. The van der Waals surface area contributed by atoms with Gasteiger partial charge in [-0.05, 0) is 50.3 Å². The molecule has 2 aliphatic heterocycles. The molecular formula is C24H27N5O3. The van der Waals surface area contributed by atoms with Crippen LogP contribution >= 0.6 is 0 Å². The first kappa shape index (κ1) is 20.7. The summed E-state index contributed by atoms with van der Waals surface area (Å²) in [5.41, 5.74) is 0.910. The molecule has 0 N–H and O–H groups in total. The third-order valence-corrected chi connectivity index (χ3v) is 7.01. The predicted molar refractivity (Wildman–Crippen MR) is 117 cm³/mol. The van der Waals surface area contributed by atoms with Crippen molar-refractivity contribution in [3.63, 3.8) is 0 Å². The Morgan fingerprint density at radius 3 is 2.59 bits per heavy atom. The lowest BCUT2D eigenvalue weighted by atomic mass is 9.77. The van der Waals surface area contributed by atoms with Gasteiger partial charge in [0.05, 0.1) is 18.4 Å². The van der Waals surface area contributed by atoms with E-state index in [9.17, 15) is 4.79 Å². The number of anilines is 1. The van der Waals surface area contributed by atoms with E-state index in [1.807, 2.05) is 29.2 Å². The number of carbonyl (C=O) groups excluding carboxylic acids is 1. The average molecular weight is 434 g/mol. The van der Waals surface area contributed by atoms with Crippen molar-refractivity contribution in [3.8, 4) is 11.9 Å². The highest BCUT2D eigenvalue weighted by Crippen LogP contribution is 2.44. The molecule has 32 heavy (non-hydrogen) atoms. The van der Waals surface area contributed by atoms with Crippen LogP contribution in [-0.4, -0.2) is 59.7 Å². The van der Waals surface area contributed by atoms with Crippen LogP contribution in [0.3, 0.4) is 0 Å². The van der Waals surface area contributed by atoms with E-state index in [0.717, 1.165) is 43.6 Å². The number of hydrogen-bond donors (Lipinski definition) is 0. The highest BCUT2D eigenvalue weighted by molar-refractivity contribution is 5.78. The number of fused-ring (bicyclic) bond motifs is 2. The summed E-state index contributed by atoms with van der Waals surface area (Å²) in [5.74, 6) is 1.48. The van der Waals surface area contributed by atoms with Crippen LogP contribution < -0.4 is 9.64 Å². The number of methoxy groups -OCH3 is 1. The van der Waals surface area contributed by atoms with Crippen LogP contribution in [0.5, 0.6) is 5.88 Å². The molecule has 2 bridgehead atoms. The van der Waals surface area contributed by atoms with Crippen molar-refractivity contribution >= 4 is 11.7 Å². The van der Waals surface area contributed by atoms with Gasteiger partial charge in [-0.3, -0.25) is 4.79 Å². The summed E-state index contributed by atoms with van der Waals surface area (Å²) in [7, 11) is 1.60. The normalized spacial score (nSPS) is 23.4. The molecule has 8 heteroatoms. The number of ether oxygens (including phenoxy) is 2. The maximum absolute atomic E-state index is 13.1. The lowest BCUT2D eigenvalue weighted by Crippen LogP contribution is -2.56. The molecule has 1 saturated carbocycles. The molecule has 5 rings (SSSR count). The van der Waals surface area contributed by atoms with Crippen molar-refractivity contribution in [1.29, 1.82) is 5.26 Å². The van der Waals surface area contributed by atoms with E-state index in [2.05, 4.69) is 20.9 Å². The number of carbonyl (C=O) groups is 1. The Morgan fingerprint density at radius 2 is 2.00 bits per heavy atom. The van der Waals surface area contributed by atoms with Crippen LogP contribution in [-0.2, 0) is 15.1 Å². The van der Waals surface area contributed by atoms with Gasteiger partial charge in [-0.2, -0.15) is 5.26 Å². The average Bonchev–Trinajstić information content (AvgIpc) is 3.07. The van der Waals surface area contributed by atoms with Crippen molar-refractivity contribution < 1.29 is 14.3 Å². The van der Waals surface area contributed by atoms with E-state index < -0.39 is 5.60 Å². The summed E-state index contributed by atoms with van der Waals surface area (Å²) < 4.78 is 11.5. The number of piperazine rings is 1. The third-order valence-electron chi connectivity index (χ3n) is 7.01. The zero-order chi connectivity index (χ0) is 22.1. The number of nitrogens with zero attached hydrogens (tertiary/aromatic N) is 5. The number of hydrogen-bond acceptors (Lipinski definition) is 7. The molecule has 0 spiro atoms. The number of aromatic nitrogens is 2. The Morgan fingerprint density at radius 1 is 1.22 bits per heavy atom. The second kappa shape index (κ2) is 8.40. The lowest BCUT2D eigenvalue weighted by molar-refractivity contribution is -0.155. The van der Waals surface area contributed by atoms with E-state index in [0.29, 0.717) is 24.5 Å². The van der Waals surface area contributed by atoms with Gasteiger partial charge in [0.25, 0.3) is 0 Å². The summed E-state index contributed by atoms with van der Waals surface area (Å²) in [4.78, 5) is 26.4. The molecule has 2 aromatic rings. The van der Waals surface area contributed by atoms with Crippen LogP contribution in [0.1, 0.15) is 43.4 Å². The smallest absolute Gasteiger partial charge is 0.248 e. The number of pyridine rings is 2. The molecule has 2 saturated heterocycles. The Hall–Kier alpha value is -3.18. The van der Waals surface area contributed by atoms with Crippen LogP contribution in [0, 0.1) is 11.3 Å². The van der Waals surface area contributed by atoms with Gasteiger partial charge in [0.2, 0.25) is 11.8 Å². The van der Waals surface area contributed by atoms with Gasteiger partial charge in [0.1, 0.15) is 24.1 Å². The van der Waals surface area contributed by atoms with E-state index in [1.165, 1.54) is 0 Å². The first-order chi connectivity index (χ1) is 15.6. The van der Waals surface area contributed by atoms with Crippen molar-refractivity contribution in [1.82, 2.24) is 14.9 Å². The molecule has 1 aliphatic carbocycles. The van der Waals surface area contributed by atoms with Crippen molar-refractivity contribution in [2.75, 3.05) is 31.7 Å². The molecule has 2 aromatic heterocycles. The minimum Gasteiger partial charge on any atom is -0.481 e. The number of likely N-dealkylation sites (tertiary alicyclic amines) is 1. The van der Waals surface area contributed by atoms with Crippen LogP contribution in [0.4, 0.5) is 5.82 Å². The highest BCUT2D eigenvalue weighted by Gasteiger charge is 2.44. The van der Waals surface area contributed by atoms with Gasteiger partial charge >= 0.3 is 0 Å². The Kier molecular flexibility index (Phi) is 5.43. The highest BCUT2D eigenvalue weighted by atomic mass is 16.5. The first-order valence-corrected chi connectivity index (χ1v) is 11.2. The summed E-state index contributed by atoms with van der Waals surface area (Å²) in [6.45, 7) is 1.41. The second-order valence-corrected chi connectivity index (χ2v) is 8.81. The first-order valence-electron chi connectivity index (χ1n) is 11.2. The minimum absolute atomic E-state index is 0.0310. The van der Waals surface area contributed by atoms with Gasteiger partial charge in [0.15, 0.2) is 0 Å². The van der Waals surface area contributed by atoms with Gasteiger partial charge in [-0.1, -0.05) is 6.07 Å². The van der Waals surface area contributed by atoms with Gasteiger partial charge in [-0.25, -0.2) is 9.97 Å². The molecule has 3 aliphatic rings. The monoisotopic (exact) mass is 433 g/mol. The van der Waals surface area contributed by atoms with Gasteiger partial charge < -0.3 is 19.3 Å². The second-order valence-electron chi connectivity index (χ2n) is 8.81. The molecule has 0 aromatic carbocycles. The Labute approximate surface area is 187 Å². The van der Waals surface area contributed by atoms with E-state index in [1.54, 1.807) is 19.4 Å². The summed E-state index contributed by atoms with van der Waals surface area (Å²) >= 11 is 0. The zero-order valence-corrected chi connectivity index (χ0v) is 18.2. The fourth-order valence-electron chi connectivity index (χ4n) is 5.13. The Bertz CT molecular complexity index is 1020. The van der Waals surface area contributed by atoms with Gasteiger partial charge in [-0.15, -0.1) is 0 Å². The van der Waals surface area contributed by atoms with E-state index in [4.69, 9.17) is 14.7 Å². The number of rotatable bonds is 6. The minimum atomic E-state index is -0.489. The van der Waals surface area contributed by atoms with Crippen molar-refractivity contribution in [3.05, 3.63) is 47.8 Å². The fraction of sp³-hybridized carbons (Fsp3) is 0.500.